The highest BCUT2D eigenvalue weighted by molar-refractivity contribution is 5.27. The predicted octanol–water partition coefficient (Wildman–Crippen LogP) is 2.87. The monoisotopic (exact) mass is 277 g/mol. The van der Waals surface area contributed by atoms with Crippen molar-refractivity contribution in [3.8, 4) is 0 Å². The fourth-order valence-corrected chi connectivity index (χ4v) is 3.84. The maximum atomic E-state index is 9.59. The molecule has 0 aromatic heterocycles. The second kappa shape index (κ2) is 7.65. The standard InChI is InChI=1S/C17H27NO2/c19-13-10-17(11-14-20,15-7-3-1-4-8-15)16-9-5-2-6-12-18-16/h2,5-6,9,12,15,18-20H,1,3-4,7-8,10-11,13-14H2. The minimum absolute atomic E-state index is 0.122. The Hall–Kier alpha value is -1.06. The van der Waals surface area contributed by atoms with Gasteiger partial charge in [-0.15, -0.1) is 0 Å². The lowest BCUT2D eigenvalue weighted by molar-refractivity contribution is 0.0769. The van der Waals surface area contributed by atoms with Crippen LogP contribution in [0.4, 0.5) is 0 Å². The lowest BCUT2D eigenvalue weighted by Crippen LogP contribution is -2.40. The number of allylic oxidation sites excluding steroid dienone is 5. The highest BCUT2D eigenvalue weighted by Gasteiger charge is 2.41. The van der Waals surface area contributed by atoms with E-state index in [1.165, 1.54) is 32.1 Å². The van der Waals surface area contributed by atoms with Crippen LogP contribution in [0.15, 0.2) is 36.2 Å². The van der Waals surface area contributed by atoms with Crippen molar-refractivity contribution in [1.29, 1.82) is 0 Å². The van der Waals surface area contributed by atoms with Crippen molar-refractivity contribution in [2.75, 3.05) is 13.2 Å². The first kappa shape index (κ1) is 15.3. The molecule has 0 unspecified atom stereocenters. The number of hydrogen-bond donors (Lipinski definition) is 3. The minimum atomic E-state index is -0.122. The van der Waals surface area contributed by atoms with Gasteiger partial charge in [-0.2, -0.15) is 0 Å². The Morgan fingerprint density at radius 3 is 2.35 bits per heavy atom. The molecule has 0 amide bonds. The van der Waals surface area contributed by atoms with Gasteiger partial charge in [0.2, 0.25) is 0 Å². The number of aliphatic hydroxyl groups excluding tert-OH is 2. The van der Waals surface area contributed by atoms with Crippen LogP contribution >= 0.6 is 0 Å². The van der Waals surface area contributed by atoms with Crippen molar-refractivity contribution < 1.29 is 10.2 Å². The summed E-state index contributed by atoms with van der Waals surface area (Å²) in [5, 5.41) is 22.6. The van der Waals surface area contributed by atoms with E-state index in [1.54, 1.807) is 0 Å². The molecule has 112 valence electrons. The zero-order valence-corrected chi connectivity index (χ0v) is 12.2. The molecule has 0 radical (unpaired) electrons. The van der Waals surface area contributed by atoms with Gasteiger partial charge in [-0.1, -0.05) is 31.4 Å². The molecule has 0 bridgehead atoms. The second-order valence-corrected chi connectivity index (χ2v) is 5.91. The molecule has 0 aromatic rings. The van der Waals surface area contributed by atoms with Crippen molar-refractivity contribution in [1.82, 2.24) is 5.32 Å². The van der Waals surface area contributed by atoms with Crippen LogP contribution in [0.2, 0.25) is 0 Å². The fourth-order valence-electron chi connectivity index (χ4n) is 3.84. The maximum Gasteiger partial charge on any atom is 0.0440 e. The summed E-state index contributed by atoms with van der Waals surface area (Å²) in [6.45, 7) is 0.339. The van der Waals surface area contributed by atoms with Gasteiger partial charge in [-0.25, -0.2) is 0 Å². The molecule has 0 spiro atoms. The number of hydrogen-bond acceptors (Lipinski definition) is 3. The van der Waals surface area contributed by atoms with Crippen LogP contribution in [0, 0.1) is 11.3 Å². The van der Waals surface area contributed by atoms with E-state index in [1.807, 2.05) is 24.4 Å². The van der Waals surface area contributed by atoms with Crippen LogP contribution in [0.25, 0.3) is 0 Å². The van der Waals surface area contributed by atoms with Crippen LogP contribution < -0.4 is 5.32 Å². The van der Waals surface area contributed by atoms with E-state index >= 15 is 0 Å². The molecular weight excluding hydrogens is 250 g/mol. The van der Waals surface area contributed by atoms with E-state index in [9.17, 15) is 10.2 Å². The first-order valence-electron chi connectivity index (χ1n) is 7.86. The third-order valence-corrected chi connectivity index (χ3v) is 4.86. The summed E-state index contributed by atoms with van der Waals surface area (Å²) in [6.07, 6.45) is 17.8. The molecule has 0 atom stereocenters. The zero-order chi connectivity index (χ0) is 14.3. The van der Waals surface area contributed by atoms with Crippen molar-refractivity contribution in [2.45, 2.75) is 44.9 Å². The molecule has 3 heteroatoms. The summed E-state index contributed by atoms with van der Waals surface area (Å²) in [4.78, 5) is 0. The summed E-state index contributed by atoms with van der Waals surface area (Å²) in [5.74, 6) is 0.550. The summed E-state index contributed by atoms with van der Waals surface area (Å²) in [6, 6.07) is 0. The van der Waals surface area contributed by atoms with Gasteiger partial charge in [0.05, 0.1) is 0 Å². The first-order chi connectivity index (χ1) is 9.83. The van der Waals surface area contributed by atoms with Gasteiger partial charge in [0.1, 0.15) is 0 Å². The first-order valence-corrected chi connectivity index (χ1v) is 7.86. The largest absolute Gasteiger partial charge is 0.396 e. The predicted molar refractivity (Wildman–Crippen MR) is 81.9 cm³/mol. The third-order valence-electron chi connectivity index (χ3n) is 4.86. The topological polar surface area (TPSA) is 52.5 Å². The molecule has 3 N–H and O–H groups in total. The summed E-state index contributed by atoms with van der Waals surface area (Å²) in [5.41, 5.74) is 1.03. The minimum Gasteiger partial charge on any atom is -0.396 e. The number of rotatable bonds is 6. The third kappa shape index (κ3) is 3.33. The average molecular weight is 277 g/mol. The van der Waals surface area contributed by atoms with E-state index in [0.29, 0.717) is 5.92 Å². The van der Waals surface area contributed by atoms with E-state index in [2.05, 4.69) is 11.4 Å². The van der Waals surface area contributed by atoms with Crippen LogP contribution in [-0.4, -0.2) is 23.4 Å². The summed E-state index contributed by atoms with van der Waals surface area (Å²) >= 11 is 0. The van der Waals surface area contributed by atoms with Gasteiger partial charge >= 0.3 is 0 Å². The molecule has 1 heterocycles. The molecule has 1 aliphatic heterocycles. The van der Waals surface area contributed by atoms with E-state index < -0.39 is 0 Å². The van der Waals surface area contributed by atoms with Gasteiger partial charge in [0.15, 0.2) is 0 Å². The van der Waals surface area contributed by atoms with Gasteiger partial charge in [0.25, 0.3) is 0 Å². The van der Waals surface area contributed by atoms with Crippen LogP contribution in [0.1, 0.15) is 44.9 Å². The smallest absolute Gasteiger partial charge is 0.0440 e. The highest BCUT2D eigenvalue weighted by atomic mass is 16.3. The molecular formula is C17H27NO2. The van der Waals surface area contributed by atoms with Crippen molar-refractivity contribution >= 4 is 0 Å². The van der Waals surface area contributed by atoms with Crippen LogP contribution in [0.5, 0.6) is 0 Å². The van der Waals surface area contributed by atoms with Crippen LogP contribution in [-0.2, 0) is 0 Å². The molecule has 1 fully saturated rings. The average Bonchev–Trinajstić information content (AvgIpc) is 2.77. The number of aliphatic hydroxyl groups is 2. The van der Waals surface area contributed by atoms with E-state index in [-0.39, 0.29) is 18.6 Å². The van der Waals surface area contributed by atoms with Crippen molar-refractivity contribution in [3.63, 3.8) is 0 Å². The zero-order valence-electron chi connectivity index (χ0n) is 12.2. The molecule has 3 nitrogen and oxygen atoms in total. The molecule has 20 heavy (non-hydrogen) atoms. The molecule has 0 saturated heterocycles. The Morgan fingerprint density at radius 2 is 1.70 bits per heavy atom. The Bertz CT molecular complexity index is 372. The Morgan fingerprint density at radius 1 is 1.00 bits per heavy atom. The summed E-state index contributed by atoms with van der Waals surface area (Å²) in [7, 11) is 0. The Kier molecular flexibility index (Phi) is 5.86. The molecule has 1 saturated carbocycles. The van der Waals surface area contributed by atoms with Crippen LogP contribution in [0.3, 0.4) is 0 Å². The van der Waals surface area contributed by atoms with Gasteiger partial charge in [0, 0.05) is 30.5 Å². The van der Waals surface area contributed by atoms with Crippen molar-refractivity contribution in [3.05, 3.63) is 36.2 Å². The number of nitrogens with one attached hydrogen (secondary N) is 1. The quantitative estimate of drug-likeness (QED) is 0.700. The van der Waals surface area contributed by atoms with Crippen molar-refractivity contribution in [2.24, 2.45) is 11.3 Å². The Balaban J connectivity index is 2.31. The Labute approximate surface area is 122 Å². The van der Waals surface area contributed by atoms with Gasteiger partial charge < -0.3 is 15.5 Å². The normalized spacial score (nSPS) is 20.4. The van der Waals surface area contributed by atoms with E-state index in [4.69, 9.17) is 0 Å². The highest BCUT2D eigenvalue weighted by Crippen LogP contribution is 2.48. The lowest BCUT2D eigenvalue weighted by atomic mass is 9.63. The fraction of sp³-hybridized carbons (Fsp3) is 0.647. The van der Waals surface area contributed by atoms with Gasteiger partial charge in [-0.3, -0.25) is 0 Å². The molecule has 2 rings (SSSR count). The second-order valence-electron chi connectivity index (χ2n) is 5.91. The summed E-state index contributed by atoms with van der Waals surface area (Å²) < 4.78 is 0. The molecule has 1 aliphatic carbocycles. The lowest BCUT2D eigenvalue weighted by Gasteiger charge is -2.44. The van der Waals surface area contributed by atoms with E-state index in [0.717, 1.165) is 18.5 Å². The molecule has 0 aromatic carbocycles. The SMILES string of the molecule is OCCC(CCO)(C1=CC=CC=CN1)C1CCCCC1. The van der Waals surface area contributed by atoms with Gasteiger partial charge in [-0.05, 0) is 43.8 Å². The maximum absolute atomic E-state index is 9.59. The molecule has 2 aliphatic rings.